The number of aliphatic hydroxyl groups excluding tert-OH is 1. The number of guanidine groups is 1. The first-order chi connectivity index (χ1) is 10.7. The molecule has 1 aromatic carbocycles. The molecule has 5 nitrogen and oxygen atoms in total. The third-order valence-corrected chi connectivity index (χ3v) is 3.65. The van der Waals surface area contributed by atoms with Crippen LogP contribution in [0.5, 0.6) is 0 Å². The summed E-state index contributed by atoms with van der Waals surface area (Å²) >= 11 is 0. The van der Waals surface area contributed by atoms with Crippen molar-refractivity contribution in [3.63, 3.8) is 0 Å². The van der Waals surface area contributed by atoms with Crippen LogP contribution >= 0.6 is 24.0 Å². The van der Waals surface area contributed by atoms with Gasteiger partial charge in [-0.05, 0) is 38.0 Å². The molecule has 1 unspecified atom stereocenters. The van der Waals surface area contributed by atoms with Crippen molar-refractivity contribution >= 4 is 35.6 Å². The molecule has 1 aliphatic rings. The zero-order valence-electron chi connectivity index (χ0n) is 13.5. The SMILES string of the molecule is CCNC(=NCCO)NC1CCCN(c2cccc(F)c2)C1.I. The number of halogens is 2. The zero-order valence-corrected chi connectivity index (χ0v) is 15.8. The molecule has 1 atom stereocenters. The maximum absolute atomic E-state index is 13.4. The lowest BCUT2D eigenvalue weighted by Gasteiger charge is -2.35. The molecule has 0 aliphatic carbocycles. The van der Waals surface area contributed by atoms with Gasteiger partial charge in [-0.15, -0.1) is 24.0 Å². The van der Waals surface area contributed by atoms with Crippen molar-refractivity contribution < 1.29 is 9.50 Å². The second-order valence-corrected chi connectivity index (χ2v) is 5.39. The van der Waals surface area contributed by atoms with Crippen molar-refractivity contribution in [3.8, 4) is 0 Å². The van der Waals surface area contributed by atoms with E-state index >= 15 is 0 Å². The van der Waals surface area contributed by atoms with Crippen molar-refractivity contribution in [1.29, 1.82) is 0 Å². The molecule has 7 heteroatoms. The van der Waals surface area contributed by atoms with Gasteiger partial charge in [0.25, 0.3) is 0 Å². The van der Waals surface area contributed by atoms with E-state index in [1.165, 1.54) is 6.07 Å². The van der Waals surface area contributed by atoms with Gasteiger partial charge in [0.05, 0.1) is 13.2 Å². The van der Waals surface area contributed by atoms with Gasteiger partial charge in [0, 0.05) is 31.4 Å². The van der Waals surface area contributed by atoms with Crippen molar-refractivity contribution in [3.05, 3.63) is 30.1 Å². The molecule has 0 spiro atoms. The van der Waals surface area contributed by atoms with Gasteiger partial charge in [0.15, 0.2) is 5.96 Å². The first-order valence-corrected chi connectivity index (χ1v) is 7.89. The van der Waals surface area contributed by atoms with E-state index in [9.17, 15) is 4.39 Å². The lowest BCUT2D eigenvalue weighted by Crippen LogP contribution is -2.51. The number of benzene rings is 1. The Bertz CT molecular complexity index is 501. The monoisotopic (exact) mass is 436 g/mol. The second-order valence-electron chi connectivity index (χ2n) is 5.39. The summed E-state index contributed by atoms with van der Waals surface area (Å²) in [7, 11) is 0. The van der Waals surface area contributed by atoms with Crippen LogP contribution in [0.2, 0.25) is 0 Å². The highest BCUT2D eigenvalue weighted by molar-refractivity contribution is 14.0. The number of nitrogens with zero attached hydrogens (tertiary/aromatic N) is 2. The third kappa shape index (κ3) is 6.50. The van der Waals surface area contributed by atoms with E-state index in [1.807, 2.05) is 13.0 Å². The number of piperidine rings is 1. The van der Waals surface area contributed by atoms with Crippen molar-refractivity contribution in [2.75, 3.05) is 37.7 Å². The highest BCUT2D eigenvalue weighted by Crippen LogP contribution is 2.20. The summed E-state index contributed by atoms with van der Waals surface area (Å²) in [4.78, 5) is 6.50. The van der Waals surface area contributed by atoms with Gasteiger partial charge in [-0.3, -0.25) is 4.99 Å². The summed E-state index contributed by atoms with van der Waals surface area (Å²) in [6.07, 6.45) is 2.10. The van der Waals surface area contributed by atoms with Crippen molar-refractivity contribution in [2.24, 2.45) is 4.99 Å². The third-order valence-electron chi connectivity index (χ3n) is 3.65. The Labute approximate surface area is 154 Å². The van der Waals surface area contributed by atoms with Crippen LogP contribution < -0.4 is 15.5 Å². The van der Waals surface area contributed by atoms with E-state index in [2.05, 4.69) is 20.5 Å². The Hall–Kier alpha value is -1.09. The van der Waals surface area contributed by atoms with Crippen LogP contribution in [0.15, 0.2) is 29.3 Å². The Morgan fingerprint density at radius 1 is 1.48 bits per heavy atom. The zero-order chi connectivity index (χ0) is 15.8. The molecule has 0 amide bonds. The molecule has 130 valence electrons. The fourth-order valence-electron chi connectivity index (χ4n) is 2.68. The molecule has 0 saturated carbocycles. The lowest BCUT2D eigenvalue weighted by atomic mass is 10.0. The number of hydrogen-bond donors (Lipinski definition) is 3. The quantitative estimate of drug-likeness (QED) is 0.375. The predicted octanol–water partition coefficient (Wildman–Crippen LogP) is 1.96. The Balaban J connectivity index is 0.00000264. The first kappa shape index (κ1) is 20.0. The van der Waals surface area contributed by atoms with E-state index in [-0.39, 0.29) is 42.4 Å². The highest BCUT2D eigenvalue weighted by atomic mass is 127. The summed E-state index contributed by atoms with van der Waals surface area (Å²) < 4.78 is 13.4. The summed E-state index contributed by atoms with van der Waals surface area (Å²) in [6, 6.07) is 6.99. The molecule has 2 rings (SSSR count). The van der Waals surface area contributed by atoms with Crippen LogP contribution in [0, 0.1) is 5.82 Å². The average Bonchev–Trinajstić information content (AvgIpc) is 2.53. The van der Waals surface area contributed by atoms with Gasteiger partial charge in [-0.1, -0.05) is 6.07 Å². The van der Waals surface area contributed by atoms with Crippen LogP contribution in [0.3, 0.4) is 0 Å². The van der Waals surface area contributed by atoms with E-state index in [0.29, 0.717) is 6.54 Å². The minimum Gasteiger partial charge on any atom is -0.394 e. The average molecular weight is 436 g/mol. The number of hydrogen-bond acceptors (Lipinski definition) is 3. The standard InChI is InChI=1S/C16H25FN4O.HI/c1-2-18-16(19-8-10-22)20-14-6-4-9-21(12-14)15-7-3-5-13(17)11-15;/h3,5,7,11,14,22H,2,4,6,8-10,12H2,1H3,(H2,18,19,20);1H. The molecular formula is C16H26FIN4O. The van der Waals surface area contributed by atoms with E-state index < -0.39 is 0 Å². The number of aliphatic hydroxyl groups is 1. The van der Waals surface area contributed by atoms with Crippen LogP contribution in [-0.2, 0) is 0 Å². The molecule has 1 heterocycles. The summed E-state index contributed by atoms with van der Waals surface area (Å²) in [5, 5.41) is 15.5. The minimum atomic E-state index is -0.203. The number of rotatable bonds is 5. The van der Waals surface area contributed by atoms with Crippen LogP contribution in [0.4, 0.5) is 10.1 Å². The number of nitrogens with one attached hydrogen (secondary N) is 2. The first-order valence-electron chi connectivity index (χ1n) is 7.89. The minimum absolute atomic E-state index is 0. The van der Waals surface area contributed by atoms with Gasteiger partial charge < -0.3 is 20.6 Å². The molecule has 0 aromatic heterocycles. The Morgan fingerprint density at radius 3 is 3.00 bits per heavy atom. The maximum Gasteiger partial charge on any atom is 0.191 e. The Morgan fingerprint density at radius 2 is 2.30 bits per heavy atom. The van der Waals surface area contributed by atoms with Gasteiger partial charge in [-0.2, -0.15) is 0 Å². The second kappa shape index (κ2) is 10.6. The van der Waals surface area contributed by atoms with Crippen molar-refractivity contribution in [1.82, 2.24) is 10.6 Å². The lowest BCUT2D eigenvalue weighted by molar-refractivity contribution is 0.306. The highest BCUT2D eigenvalue weighted by Gasteiger charge is 2.21. The largest absolute Gasteiger partial charge is 0.394 e. The maximum atomic E-state index is 13.4. The molecule has 1 aliphatic heterocycles. The summed E-state index contributed by atoms with van der Waals surface area (Å²) in [5.41, 5.74) is 0.920. The summed E-state index contributed by atoms with van der Waals surface area (Å²) in [6.45, 7) is 4.96. The van der Waals surface area contributed by atoms with Crippen molar-refractivity contribution in [2.45, 2.75) is 25.8 Å². The molecule has 1 aromatic rings. The van der Waals surface area contributed by atoms with E-state index in [4.69, 9.17) is 5.11 Å². The van der Waals surface area contributed by atoms with Gasteiger partial charge in [0.1, 0.15) is 5.82 Å². The fourth-order valence-corrected chi connectivity index (χ4v) is 2.68. The molecule has 1 fully saturated rings. The van der Waals surface area contributed by atoms with Gasteiger partial charge in [-0.25, -0.2) is 4.39 Å². The molecule has 0 radical (unpaired) electrons. The number of anilines is 1. The topological polar surface area (TPSA) is 59.9 Å². The molecule has 3 N–H and O–H groups in total. The van der Waals surface area contributed by atoms with Gasteiger partial charge >= 0.3 is 0 Å². The Kier molecular flexibility index (Phi) is 9.23. The fraction of sp³-hybridized carbons (Fsp3) is 0.562. The molecular weight excluding hydrogens is 410 g/mol. The van der Waals surface area contributed by atoms with Crippen LogP contribution in [0.25, 0.3) is 0 Å². The number of aliphatic imine (C=N–C) groups is 1. The van der Waals surface area contributed by atoms with Crippen LogP contribution in [-0.4, -0.2) is 49.9 Å². The normalized spacial score (nSPS) is 18.3. The summed E-state index contributed by atoms with van der Waals surface area (Å²) in [5.74, 6) is 0.521. The predicted molar refractivity (Wildman–Crippen MR) is 103 cm³/mol. The van der Waals surface area contributed by atoms with Crippen LogP contribution in [0.1, 0.15) is 19.8 Å². The van der Waals surface area contributed by atoms with Gasteiger partial charge in [0.2, 0.25) is 0 Å². The van der Waals surface area contributed by atoms with E-state index in [1.54, 1.807) is 12.1 Å². The molecule has 0 bridgehead atoms. The van der Waals surface area contributed by atoms with E-state index in [0.717, 1.165) is 44.1 Å². The molecule has 1 saturated heterocycles. The smallest absolute Gasteiger partial charge is 0.191 e. The molecule has 23 heavy (non-hydrogen) atoms.